The molecule has 0 saturated carbocycles. The monoisotopic (exact) mass is 315 g/mol. The minimum absolute atomic E-state index is 0.0838. The van der Waals surface area contributed by atoms with Gasteiger partial charge in [0.25, 0.3) is 11.6 Å². The molecule has 1 atom stereocenters. The molecule has 1 aliphatic heterocycles. The number of nitrogens with zero attached hydrogens (tertiary/aromatic N) is 1. The zero-order valence-corrected chi connectivity index (χ0v) is 12.1. The lowest BCUT2D eigenvalue weighted by Crippen LogP contribution is -2.38. The van der Waals surface area contributed by atoms with Gasteiger partial charge in [-0.2, -0.15) is 0 Å². The smallest absolute Gasteiger partial charge is 0.280 e. The Balaban J connectivity index is 2.09. The molecule has 0 spiro atoms. The normalized spacial score (nSPS) is 16.0. The minimum atomic E-state index is -0.813. The SMILES string of the molecule is COc1cc(C2NC(=O)c3ccccc3N2)c([N+](=O)[O-])cc1O. The molecule has 0 bridgehead atoms. The van der Waals surface area contributed by atoms with Gasteiger partial charge >= 0.3 is 0 Å². The molecule has 3 rings (SSSR count). The summed E-state index contributed by atoms with van der Waals surface area (Å²) in [5, 5.41) is 26.7. The highest BCUT2D eigenvalue weighted by Gasteiger charge is 2.30. The highest BCUT2D eigenvalue weighted by molar-refractivity contribution is 6.01. The lowest BCUT2D eigenvalue weighted by Gasteiger charge is -2.28. The van der Waals surface area contributed by atoms with Crippen molar-refractivity contribution in [3.05, 3.63) is 57.6 Å². The second-order valence-corrected chi connectivity index (χ2v) is 4.94. The molecule has 0 radical (unpaired) electrons. The summed E-state index contributed by atoms with van der Waals surface area (Å²) in [4.78, 5) is 22.8. The molecule has 0 fully saturated rings. The van der Waals surface area contributed by atoms with Crippen molar-refractivity contribution in [2.24, 2.45) is 0 Å². The van der Waals surface area contributed by atoms with Crippen LogP contribution >= 0.6 is 0 Å². The molecule has 0 aromatic heterocycles. The standard InChI is InChI=1S/C15H13N3O5/c1-23-13-6-9(11(18(21)22)7-12(13)19)14-16-10-5-3-2-4-8(10)15(20)17-14/h2-7,14,16,19H,1H3,(H,17,20). The van der Waals surface area contributed by atoms with Crippen molar-refractivity contribution in [3.8, 4) is 11.5 Å². The number of nitro benzene ring substituents is 1. The molecule has 23 heavy (non-hydrogen) atoms. The lowest BCUT2D eigenvalue weighted by atomic mass is 10.0. The number of amides is 1. The first-order valence-electron chi connectivity index (χ1n) is 6.73. The summed E-state index contributed by atoms with van der Waals surface area (Å²) in [6.45, 7) is 0. The summed E-state index contributed by atoms with van der Waals surface area (Å²) in [6.07, 6.45) is -0.813. The Bertz CT molecular complexity index is 806. The molecule has 8 nitrogen and oxygen atoms in total. The predicted octanol–water partition coefficient (Wildman–Crippen LogP) is 2.16. The van der Waals surface area contributed by atoms with Crippen molar-refractivity contribution in [1.29, 1.82) is 0 Å². The van der Waals surface area contributed by atoms with Gasteiger partial charge in [-0.1, -0.05) is 12.1 Å². The van der Waals surface area contributed by atoms with Crippen LogP contribution in [0, 0.1) is 10.1 Å². The molecule has 1 aliphatic rings. The van der Waals surface area contributed by atoms with Gasteiger partial charge in [-0.25, -0.2) is 0 Å². The highest BCUT2D eigenvalue weighted by atomic mass is 16.6. The number of carbonyl (C=O) groups excluding carboxylic acids is 1. The number of fused-ring (bicyclic) bond motifs is 1. The first kappa shape index (κ1) is 14.6. The molecule has 2 aromatic rings. The molecule has 0 aliphatic carbocycles. The van der Waals surface area contributed by atoms with E-state index in [-0.39, 0.29) is 28.7 Å². The van der Waals surface area contributed by atoms with Crippen molar-refractivity contribution >= 4 is 17.3 Å². The van der Waals surface area contributed by atoms with Gasteiger partial charge in [-0.3, -0.25) is 14.9 Å². The lowest BCUT2D eigenvalue weighted by molar-refractivity contribution is -0.385. The van der Waals surface area contributed by atoms with Crippen molar-refractivity contribution in [2.45, 2.75) is 6.17 Å². The topological polar surface area (TPSA) is 114 Å². The maximum absolute atomic E-state index is 12.2. The Kier molecular flexibility index (Phi) is 3.49. The number of carbonyl (C=O) groups is 1. The molecule has 2 aromatic carbocycles. The fraction of sp³-hybridized carbons (Fsp3) is 0.133. The number of methoxy groups -OCH3 is 1. The van der Waals surface area contributed by atoms with Gasteiger partial charge in [-0.05, 0) is 18.2 Å². The van der Waals surface area contributed by atoms with Crippen molar-refractivity contribution in [3.63, 3.8) is 0 Å². The van der Waals surface area contributed by atoms with Crippen LogP contribution in [0.1, 0.15) is 22.1 Å². The van der Waals surface area contributed by atoms with Crippen LogP contribution < -0.4 is 15.4 Å². The Morgan fingerprint density at radius 3 is 2.70 bits per heavy atom. The molecule has 1 amide bonds. The minimum Gasteiger partial charge on any atom is -0.504 e. The maximum Gasteiger partial charge on any atom is 0.280 e. The summed E-state index contributed by atoms with van der Waals surface area (Å²) in [5.74, 6) is -0.600. The number of phenols is 1. The van der Waals surface area contributed by atoms with Gasteiger partial charge < -0.3 is 20.5 Å². The summed E-state index contributed by atoms with van der Waals surface area (Å²) in [6, 6.07) is 9.19. The van der Waals surface area contributed by atoms with E-state index in [0.717, 1.165) is 6.07 Å². The predicted molar refractivity (Wildman–Crippen MR) is 81.6 cm³/mol. The van der Waals surface area contributed by atoms with Crippen LogP contribution in [0.3, 0.4) is 0 Å². The third kappa shape index (κ3) is 2.50. The molecule has 8 heteroatoms. The van der Waals surface area contributed by atoms with E-state index in [4.69, 9.17) is 4.74 Å². The third-order valence-electron chi connectivity index (χ3n) is 3.58. The van der Waals surface area contributed by atoms with Crippen molar-refractivity contribution in [2.75, 3.05) is 12.4 Å². The van der Waals surface area contributed by atoms with Gasteiger partial charge in [0, 0.05) is 5.69 Å². The average Bonchev–Trinajstić information content (AvgIpc) is 2.54. The summed E-state index contributed by atoms with van der Waals surface area (Å²) < 4.78 is 4.99. The number of hydrogen-bond acceptors (Lipinski definition) is 6. The zero-order chi connectivity index (χ0) is 16.6. The van der Waals surface area contributed by atoms with Crippen LogP contribution in [-0.2, 0) is 0 Å². The number of nitro groups is 1. The molecule has 0 saturated heterocycles. The number of benzene rings is 2. The second kappa shape index (κ2) is 5.48. The van der Waals surface area contributed by atoms with E-state index in [9.17, 15) is 20.0 Å². The molecular weight excluding hydrogens is 302 g/mol. The Morgan fingerprint density at radius 2 is 2.00 bits per heavy atom. The van der Waals surface area contributed by atoms with E-state index in [1.807, 2.05) is 0 Å². The van der Waals surface area contributed by atoms with Gasteiger partial charge in [0.05, 0.1) is 29.2 Å². The number of phenolic OH excluding ortho intramolecular Hbond substituents is 1. The van der Waals surface area contributed by atoms with E-state index in [1.165, 1.54) is 13.2 Å². The van der Waals surface area contributed by atoms with E-state index in [2.05, 4.69) is 10.6 Å². The van der Waals surface area contributed by atoms with Gasteiger partial charge in [0.2, 0.25) is 0 Å². The van der Waals surface area contributed by atoms with Crippen molar-refractivity contribution in [1.82, 2.24) is 5.32 Å². The Labute approximate surface area is 130 Å². The fourth-order valence-electron chi connectivity index (χ4n) is 2.49. The van der Waals surface area contributed by atoms with Crippen LogP contribution in [-0.4, -0.2) is 23.0 Å². The third-order valence-corrected chi connectivity index (χ3v) is 3.58. The van der Waals surface area contributed by atoms with E-state index >= 15 is 0 Å². The van der Waals surface area contributed by atoms with Crippen LogP contribution in [0.2, 0.25) is 0 Å². The number of hydrogen-bond donors (Lipinski definition) is 3. The molecule has 1 heterocycles. The number of anilines is 1. The highest BCUT2D eigenvalue weighted by Crippen LogP contribution is 2.38. The summed E-state index contributed by atoms with van der Waals surface area (Å²) in [5.41, 5.74) is 0.896. The van der Waals surface area contributed by atoms with Gasteiger partial charge in [0.15, 0.2) is 11.5 Å². The molecule has 1 unspecified atom stereocenters. The van der Waals surface area contributed by atoms with Crippen molar-refractivity contribution < 1.29 is 19.6 Å². The number of nitrogens with one attached hydrogen (secondary N) is 2. The van der Waals surface area contributed by atoms with Gasteiger partial charge in [-0.15, -0.1) is 0 Å². The number of aromatic hydroxyl groups is 1. The second-order valence-electron chi connectivity index (χ2n) is 4.94. The van der Waals surface area contributed by atoms with Crippen LogP contribution in [0.4, 0.5) is 11.4 Å². The average molecular weight is 315 g/mol. The fourth-order valence-corrected chi connectivity index (χ4v) is 2.49. The Morgan fingerprint density at radius 1 is 1.26 bits per heavy atom. The van der Waals surface area contributed by atoms with Gasteiger partial charge in [0.1, 0.15) is 6.17 Å². The number of rotatable bonds is 3. The van der Waals surface area contributed by atoms with Crippen LogP contribution in [0.5, 0.6) is 11.5 Å². The summed E-state index contributed by atoms with van der Waals surface area (Å²) >= 11 is 0. The first-order chi connectivity index (χ1) is 11.0. The first-order valence-corrected chi connectivity index (χ1v) is 6.73. The van der Waals surface area contributed by atoms with Crippen LogP contribution in [0.15, 0.2) is 36.4 Å². The molecule has 118 valence electrons. The largest absolute Gasteiger partial charge is 0.504 e. The quantitative estimate of drug-likeness (QED) is 0.591. The zero-order valence-electron chi connectivity index (χ0n) is 12.1. The maximum atomic E-state index is 12.2. The number of para-hydroxylation sites is 1. The summed E-state index contributed by atoms with van der Waals surface area (Å²) in [7, 11) is 1.34. The van der Waals surface area contributed by atoms with E-state index < -0.39 is 11.1 Å². The molecule has 3 N–H and O–H groups in total. The van der Waals surface area contributed by atoms with Crippen LogP contribution in [0.25, 0.3) is 0 Å². The number of ether oxygens (including phenoxy) is 1. The van der Waals surface area contributed by atoms with E-state index in [1.54, 1.807) is 24.3 Å². The Hall–Kier alpha value is -3.29. The van der Waals surface area contributed by atoms with E-state index in [0.29, 0.717) is 11.3 Å². The molecular formula is C15H13N3O5.